The van der Waals surface area contributed by atoms with Crippen LogP contribution in [0.15, 0.2) is 56.1 Å². The summed E-state index contributed by atoms with van der Waals surface area (Å²) in [7, 11) is 0. The number of carbonyl (C=O) groups excluding carboxylic acids is 2. The van der Waals surface area contributed by atoms with Gasteiger partial charge in [-0.2, -0.15) is 0 Å². The summed E-state index contributed by atoms with van der Waals surface area (Å²) in [6.45, 7) is 1.73. The number of halogens is 1. The van der Waals surface area contributed by atoms with E-state index in [-0.39, 0.29) is 12.5 Å². The Hall–Kier alpha value is -2.93. The van der Waals surface area contributed by atoms with E-state index < -0.39 is 17.2 Å². The largest absolute Gasteiger partial charge is 0.423 e. The molecule has 1 saturated heterocycles. The van der Waals surface area contributed by atoms with E-state index in [1.54, 1.807) is 19.1 Å². The molecule has 0 spiro atoms. The number of amides is 3. The van der Waals surface area contributed by atoms with Crippen molar-refractivity contribution in [3.05, 3.63) is 79.6 Å². The highest BCUT2D eigenvalue weighted by atomic mass is 79.9. The number of nitrogens with one attached hydrogen (secondary N) is 1. The molecule has 1 unspecified atom stereocenters. The lowest BCUT2D eigenvalue weighted by Gasteiger charge is -2.23. The summed E-state index contributed by atoms with van der Waals surface area (Å²) >= 11 is 3.36. The van der Waals surface area contributed by atoms with Crippen molar-refractivity contribution in [3.8, 4) is 0 Å². The fourth-order valence-electron chi connectivity index (χ4n) is 4.42. The number of hydrogen-bond acceptors (Lipinski definition) is 4. The van der Waals surface area contributed by atoms with Gasteiger partial charge >= 0.3 is 11.7 Å². The average molecular weight is 467 g/mol. The highest BCUT2D eigenvalue weighted by molar-refractivity contribution is 9.10. The highest BCUT2D eigenvalue weighted by Crippen LogP contribution is 2.34. The van der Waals surface area contributed by atoms with Gasteiger partial charge in [0.25, 0.3) is 5.91 Å². The molecule has 1 aliphatic carbocycles. The molecule has 1 atom stereocenters. The lowest BCUT2D eigenvalue weighted by atomic mass is 9.89. The van der Waals surface area contributed by atoms with E-state index in [4.69, 9.17) is 4.42 Å². The van der Waals surface area contributed by atoms with E-state index in [0.29, 0.717) is 16.5 Å². The minimum Gasteiger partial charge on any atom is -0.423 e. The van der Waals surface area contributed by atoms with Crippen LogP contribution in [0.25, 0.3) is 11.0 Å². The standard InChI is InChI=1S/C23H19BrN2O4/c1-23(16-6-5-13-3-2-4-14(13)9-16)21(28)26(22(29)25-23)12-15-10-20(27)30-19-11-17(24)7-8-18(15)19/h5-11H,2-4,12H2,1H3,(H,25,29). The lowest BCUT2D eigenvalue weighted by Crippen LogP contribution is -2.41. The second-order valence-corrected chi connectivity index (χ2v) is 8.93. The number of urea groups is 1. The predicted molar refractivity (Wildman–Crippen MR) is 115 cm³/mol. The summed E-state index contributed by atoms with van der Waals surface area (Å²) in [5, 5.41) is 3.54. The molecule has 2 aliphatic rings. The third-order valence-electron chi connectivity index (χ3n) is 6.07. The normalized spacial score (nSPS) is 20.7. The van der Waals surface area contributed by atoms with Crippen LogP contribution in [0.2, 0.25) is 0 Å². The number of imide groups is 1. The first-order valence-corrected chi connectivity index (χ1v) is 10.6. The van der Waals surface area contributed by atoms with Crippen molar-refractivity contribution >= 4 is 38.8 Å². The molecule has 2 heterocycles. The molecule has 0 bridgehead atoms. The van der Waals surface area contributed by atoms with Crippen LogP contribution in [0, 0.1) is 0 Å². The fourth-order valence-corrected chi connectivity index (χ4v) is 4.76. The van der Waals surface area contributed by atoms with Crippen LogP contribution in [-0.2, 0) is 29.7 Å². The van der Waals surface area contributed by atoms with Crippen LogP contribution < -0.4 is 10.9 Å². The first-order valence-electron chi connectivity index (χ1n) is 9.84. The molecule has 2 aromatic carbocycles. The Kier molecular flexibility index (Phi) is 4.32. The molecule has 6 nitrogen and oxygen atoms in total. The zero-order chi connectivity index (χ0) is 21.0. The Morgan fingerprint density at radius 1 is 1.07 bits per heavy atom. The fraction of sp³-hybridized carbons (Fsp3) is 0.261. The second-order valence-electron chi connectivity index (χ2n) is 8.01. The third kappa shape index (κ3) is 2.96. The monoisotopic (exact) mass is 466 g/mol. The van der Waals surface area contributed by atoms with Crippen LogP contribution in [-0.4, -0.2) is 16.8 Å². The average Bonchev–Trinajstić information content (AvgIpc) is 3.25. The van der Waals surface area contributed by atoms with Gasteiger partial charge in [-0.05, 0) is 66.6 Å². The van der Waals surface area contributed by atoms with E-state index in [1.165, 1.54) is 22.1 Å². The van der Waals surface area contributed by atoms with Crippen molar-refractivity contribution < 1.29 is 14.0 Å². The van der Waals surface area contributed by atoms with Gasteiger partial charge in [0.1, 0.15) is 11.1 Å². The number of aryl methyl sites for hydroxylation is 2. The van der Waals surface area contributed by atoms with E-state index in [9.17, 15) is 14.4 Å². The van der Waals surface area contributed by atoms with Crippen molar-refractivity contribution in [2.24, 2.45) is 0 Å². The molecular weight excluding hydrogens is 448 g/mol. The van der Waals surface area contributed by atoms with Crippen LogP contribution >= 0.6 is 15.9 Å². The van der Waals surface area contributed by atoms with Gasteiger partial charge in [-0.25, -0.2) is 9.59 Å². The van der Waals surface area contributed by atoms with Crippen molar-refractivity contribution in [1.82, 2.24) is 10.2 Å². The predicted octanol–water partition coefficient (Wildman–Crippen LogP) is 4.01. The molecule has 0 saturated carbocycles. The summed E-state index contributed by atoms with van der Waals surface area (Å²) in [6, 6.07) is 12.2. The zero-order valence-corrected chi connectivity index (χ0v) is 17.9. The molecule has 5 rings (SSSR count). The number of fused-ring (bicyclic) bond motifs is 2. The van der Waals surface area contributed by atoms with Crippen molar-refractivity contribution in [1.29, 1.82) is 0 Å². The molecule has 3 aromatic rings. The van der Waals surface area contributed by atoms with E-state index in [1.807, 2.05) is 18.2 Å². The van der Waals surface area contributed by atoms with Gasteiger partial charge in [-0.1, -0.05) is 34.1 Å². The topological polar surface area (TPSA) is 79.6 Å². The van der Waals surface area contributed by atoms with Crippen molar-refractivity contribution in [2.75, 3.05) is 0 Å². The molecule has 1 aliphatic heterocycles. The molecule has 152 valence electrons. The van der Waals surface area contributed by atoms with Gasteiger partial charge in [-0.15, -0.1) is 0 Å². The Bertz CT molecular complexity index is 1280. The molecule has 1 fully saturated rings. The summed E-state index contributed by atoms with van der Waals surface area (Å²) in [4.78, 5) is 39.3. The second kappa shape index (κ2) is 6.80. The van der Waals surface area contributed by atoms with Gasteiger partial charge < -0.3 is 9.73 Å². The van der Waals surface area contributed by atoms with Crippen LogP contribution in [0.4, 0.5) is 4.79 Å². The number of carbonyl (C=O) groups is 2. The Morgan fingerprint density at radius 3 is 2.70 bits per heavy atom. The zero-order valence-electron chi connectivity index (χ0n) is 16.3. The molecule has 3 amide bonds. The molecule has 30 heavy (non-hydrogen) atoms. The van der Waals surface area contributed by atoms with Crippen LogP contribution in [0.3, 0.4) is 0 Å². The molecular formula is C23H19BrN2O4. The summed E-state index contributed by atoms with van der Waals surface area (Å²) < 4.78 is 6.04. The quantitative estimate of drug-likeness (QED) is 0.467. The number of nitrogens with zero attached hydrogens (tertiary/aromatic N) is 1. The van der Waals surface area contributed by atoms with Crippen molar-refractivity contribution in [3.63, 3.8) is 0 Å². The van der Waals surface area contributed by atoms with E-state index in [2.05, 4.69) is 27.3 Å². The number of benzene rings is 2. The molecule has 0 radical (unpaired) electrons. The van der Waals surface area contributed by atoms with Crippen molar-refractivity contribution in [2.45, 2.75) is 38.3 Å². The van der Waals surface area contributed by atoms with Gasteiger partial charge in [-0.3, -0.25) is 9.69 Å². The summed E-state index contributed by atoms with van der Waals surface area (Å²) in [5.41, 5.74) is 2.65. The Balaban J connectivity index is 1.51. The third-order valence-corrected chi connectivity index (χ3v) is 6.56. The SMILES string of the molecule is CC1(c2ccc3c(c2)CCC3)NC(=O)N(Cc2cc(=O)oc3cc(Br)ccc23)C1=O. The number of rotatable bonds is 3. The maximum Gasteiger partial charge on any atom is 0.336 e. The van der Waals surface area contributed by atoms with E-state index >= 15 is 0 Å². The van der Waals surface area contributed by atoms with Gasteiger partial charge in [0, 0.05) is 15.9 Å². The Morgan fingerprint density at radius 2 is 1.87 bits per heavy atom. The first kappa shape index (κ1) is 19.1. The minimum absolute atomic E-state index is 0.00503. The molecule has 1 aromatic heterocycles. The molecule has 1 N–H and O–H groups in total. The summed E-state index contributed by atoms with van der Waals surface area (Å²) in [5.74, 6) is -0.330. The van der Waals surface area contributed by atoms with Crippen LogP contribution in [0.5, 0.6) is 0 Å². The summed E-state index contributed by atoms with van der Waals surface area (Å²) in [6.07, 6.45) is 3.16. The van der Waals surface area contributed by atoms with Gasteiger partial charge in [0.15, 0.2) is 0 Å². The maximum atomic E-state index is 13.4. The minimum atomic E-state index is -1.13. The lowest BCUT2D eigenvalue weighted by molar-refractivity contribution is -0.131. The smallest absolute Gasteiger partial charge is 0.336 e. The molecule has 7 heteroatoms. The number of hydrogen-bond donors (Lipinski definition) is 1. The highest BCUT2D eigenvalue weighted by Gasteiger charge is 2.49. The first-order chi connectivity index (χ1) is 14.3. The van der Waals surface area contributed by atoms with E-state index in [0.717, 1.165) is 29.3 Å². The van der Waals surface area contributed by atoms with Gasteiger partial charge in [0.05, 0.1) is 6.54 Å². The maximum absolute atomic E-state index is 13.4. The van der Waals surface area contributed by atoms with Gasteiger partial charge in [0.2, 0.25) is 0 Å². The Labute approximate surface area is 181 Å². The van der Waals surface area contributed by atoms with Crippen LogP contribution in [0.1, 0.15) is 35.6 Å².